The Hall–Kier alpha value is -1.96. The number of amides is 1. The maximum atomic E-state index is 11.9. The molecular formula is C19H26ClN5O2. The zero-order chi connectivity index (χ0) is 18.9. The van der Waals surface area contributed by atoms with Crippen LogP contribution in [0.15, 0.2) is 28.8 Å². The molecule has 7 nitrogen and oxygen atoms in total. The van der Waals surface area contributed by atoms with Crippen LogP contribution in [-0.4, -0.2) is 60.2 Å². The van der Waals surface area contributed by atoms with Crippen molar-refractivity contribution in [3.8, 4) is 11.4 Å². The minimum absolute atomic E-state index is 0.0766. The fraction of sp³-hybridized carbons (Fsp3) is 0.526. The quantitative estimate of drug-likeness (QED) is 0.637. The molecule has 1 aliphatic heterocycles. The number of halogens is 1. The summed E-state index contributed by atoms with van der Waals surface area (Å²) in [4.78, 5) is 18.7. The third kappa shape index (κ3) is 6.61. The molecule has 0 unspecified atom stereocenters. The van der Waals surface area contributed by atoms with E-state index >= 15 is 0 Å². The molecule has 8 heteroatoms. The van der Waals surface area contributed by atoms with Crippen LogP contribution < -0.4 is 10.6 Å². The van der Waals surface area contributed by atoms with Crippen LogP contribution in [0.3, 0.4) is 0 Å². The number of nitrogens with zero attached hydrogens (tertiary/aromatic N) is 3. The predicted molar refractivity (Wildman–Crippen MR) is 105 cm³/mol. The number of nitrogens with one attached hydrogen (secondary N) is 2. The number of benzene rings is 1. The summed E-state index contributed by atoms with van der Waals surface area (Å²) in [7, 11) is 0. The second kappa shape index (κ2) is 10.4. The molecule has 1 aliphatic rings. The summed E-state index contributed by atoms with van der Waals surface area (Å²) in [6.07, 6.45) is 2.73. The van der Waals surface area contributed by atoms with E-state index < -0.39 is 0 Å². The average Bonchev–Trinajstić information content (AvgIpc) is 3.15. The topological polar surface area (TPSA) is 83.3 Å². The number of rotatable bonds is 9. The van der Waals surface area contributed by atoms with Gasteiger partial charge >= 0.3 is 0 Å². The van der Waals surface area contributed by atoms with E-state index in [1.165, 1.54) is 0 Å². The molecule has 0 atom stereocenters. The van der Waals surface area contributed by atoms with Crippen LogP contribution in [-0.2, 0) is 11.2 Å². The Kier molecular flexibility index (Phi) is 7.62. The lowest BCUT2D eigenvalue weighted by molar-refractivity contribution is -0.121. The van der Waals surface area contributed by atoms with Crippen molar-refractivity contribution in [3.05, 3.63) is 35.2 Å². The SMILES string of the molecule is O=C(CCCc1nc(-c2ccc(Cl)cc2)no1)NCCCN1CCNCC1. The Labute approximate surface area is 164 Å². The molecule has 1 fully saturated rings. The normalized spacial score (nSPS) is 15.0. The number of aromatic nitrogens is 2. The molecule has 27 heavy (non-hydrogen) atoms. The maximum absolute atomic E-state index is 11.9. The van der Waals surface area contributed by atoms with Gasteiger partial charge in [0.2, 0.25) is 17.6 Å². The first-order chi connectivity index (χ1) is 13.2. The van der Waals surface area contributed by atoms with Gasteiger partial charge in [-0.2, -0.15) is 4.98 Å². The number of carbonyl (C=O) groups excluding carboxylic acids is 1. The molecule has 2 aromatic rings. The van der Waals surface area contributed by atoms with Gasteiger partial charge in [0.25, 0.3) is 0 Å². The lowest BCUT2D eigenvalue weighted by atomic mass is 10.2. The Morgan fingerprint density at radius 2 is 2.00 bits per heavy atom. The van der Waals surface area contributed by atoms with Crippen molar-refractivity contribution in [2.24, 2.45) is 0 Å². The Morgan fingerprint density at radius 1 is 1.22 bits per heavy atom. The van der Waals surface area contributed by atoms with Crippen molar-refractivity contribution in [3.63, 3.8) is 0 Å². The van der Waals surface area contributed by atoms with Crippen LogP contribution in [0.25, 0.3) is 11.4 Å². The van der Waals surface area contributed by atoms with E-state index in [0.717, 1.165) is 51.3 Å². The van der Waals surface area contributed by atoms with Crippen LogP contribution in [0, 0.1) is 0 Å². The van der Waals surface area contributed by atoms with E-state index in [1.807, 2.05) is 12.1 Å². The molecule has 1 amide bonds. The van der Waals surface area contributed by atoms with Crippen molar-refractivity contribution in [1.82, 2.24) is 25.7 Å². The summed E-state index contributed by atoms with van der Waals surface area (Å²) in [5.74, 6) is 1.17. The van der Waals surface area contributed by atoms with Gasteiger partial charge in [0.1, 0.15) is 0 Å². The van der Waals surface area contributed by atoms with E-state index in [0.29, 0.717) is 36.0 Å². The van der Waals surface area contributed by atoms with Gasteiger partial charge in [-0.1, -0.05) is 16.8 Å². The van der Waals surface area contributed by atoms with Crippen LogP contribution >= 0.6 is 11.6 Å². The third-order valence-electron chi connectivity index (χ3n) is 4.55. The first-order valence-electron chi connectivity index (χ1n) is 9.49. The van der Waals surface area contributed by atoms with Gasteiger partial charge in [-0.05, 0) is 43.7 Å². The summed E-state index contributed by atoms with van der Waals surface area (Å²) >= 11 is 5.88. The maximum Gasteiger partial charge on any atom is 0.226 e. The van der Waals surface area contributed by atoms with Crippen molar-refractivity contribution in [2.45, 2.75) is 25.7 Å². The molecule has 146 valence electrons. The number of aryl methyl sites for hydroxylation is 1. The molecule has 1 aromatic heterocycles. The summed E-state index contributed by atoms with van der Waals surface area (Å²) in [5.41, 5.74) is 0.858. The Balaban J connectivity index is 1.30. The smallest absolute Gasteiger partial charge is 0.226 e. The van der Waals surface area contributed by atoms with Crippen LogP contribution in [0.2, 0.25) is 5.02 Å². The van der Waals surface area contributed by atoms with Gasteiger partial charge in [-0.15, -0.1) is 0 Å². The highest BCUT2D eigenvalue weighted by Gasteiger charge is 2.11. The van der Waals surface area contributed by atoms with Gasteiger partial charge in [0.05, 0.1) is 0 Å². The van der Waals surface area contributed by atoms with E-state index in [2.05, 4.69) is 25.7 Å². The lowest BCUT2D eigenvalue weighted by Gasteiger charge is -2.27. The zero-order valence-electron chi connectivity index (χ0n) is 15.4. The fourth-order valence-electron chi connectivity index (χ4n) is 3.03. The number of carbonyl (C=O) groups is 1. The summed E-state index contributed by atoms with van der Waals surface area (Å²) in [6.45, 7) is 6.07. The van der Waals surface area contributed by atoms with Crippen molar-refractivity contribution in [1.29, 1.82) is 0 Å². The molecule has 2 N–H and O–H groups in total. The van der Waals surface area contributed by atoms with E-state index in [4.69, 9.17) is 16.1 Å². The Morgan fingerprint density at radius 3 is 2.78 bits per heavy atom. The average molecular weight is 392 g/mol. The standard InChI is InChI=1S/C19H26ClN5O2/c20-16-7-5-15(6-8-16)19-23-18(27-24-19)4-1-3-17(26)22-9-2-12-25-13-10-21-11-14-25/h5-8,21H,1-4,9-14H2,(H,22,26). The van der Waals surface area contributed by atoms with E-state index in [1.54, 1.807) is 12.1 Å². The van der Waals surface area contributed by atoms with Crippen LogP contribution in [0.5, 0.6) is 0 Å². The molecule has 0 radical (unpaired) electrons. The highest BCUT2D eigenvalue weighted by molar-refractivity contribution is 6.30. The van der Waals surface area contributed by atoms with Gasteiger partial charge in [-0.3, -0.25) is 4.79 Å². The number of hydrogen-bond acceptors (Lipinski definition) is 6. The minimum atomic E-state index is 0.0766. The molecular weight excluding hydrogens is 366 g/mol. The predicted octanol–water partition coefficient (Wildman–Crippen LogP) is 2.12. The van der Waals surface area contributed by atoms with Crippen LogP contribution in [0.4, 0.5) is 0 Å². The second-order valence-corrected chi connectivity index (χ2v) is 7.10. The molecule has 0 spiro atoms. The molecule has 1 saturated heterocycles. The Bertz CT molecular complexity index is 713. The molecule has 1 aromatic carbocycles. The minimum Gasteiger partial charge on any atom is -0.356 e. The van der Waals surface area contributed by atoms with Crippen molar-refractivity contribution in [2.75, 3.05) is 39.3 Å². The first kappa shape index (κ1) is 19.8. The molecule has 0 saturated carbocycles. The summed E-state index contributed by atoms with van der Waals surface area (Å²) in [5, 5.41) is 11.0. The highest BCUT2D eigenvalue weighted by Crippen LogP contribution is 2.19. The second-order valence-electron chi connectivity index (χ2n) is 6.67. The van der Waals surface area contributed by atoms with Crippen molar-refractivity contribution < 1.29 is 9.32 Å². The summed E-state index contributed by atoms with van der Waals surface area (Å²) < 4.78 is 5.26. The number of piperazine rings is 1. The molecule has 0 aliphatic carbocycles. The monoisotopic (exact) mass is 391 g/mol. The lowest BCUT2D eigenvalue weighted by Crippen LogP contribution is -2.44. The summed E-state index contributed by atoms with van der Waals surface area (Å²) in [6, 6.07) is 7.29. The van der Waals surface area contributed by atoms with E-state index in [-0.39, 0.29) is 5.91 Å². The molecule has 2 heterocycles. The zero-order valence-corrected chi connectivity index (χ0v) is 16.2. The molecule has 0 bridgehead atoms. The highest BCUT2D eigenvalue weighted by atomic mass is 35.5. The largest absolute Gasteiger partial charge is 0.356 e. The first-order valence-corrected chi connectivity index (χ1v) is 9.87. The van der Waals surface area contributed by atoms with Gasteiger partial charge < -0.3 is 20.1 Å². The van der Waals surface area contributed by atoms with Crippen LogP contribution in [0.1, 0.15) is 25.2 Å². The fourth-order valence-corrected chi connectivity index (χ4v) is 3.15. The third-order valence-corrected chi connectivity index (χ3v) is 4.80. The van der Waals surface area contributed by atoms with Gasteiger partial charge in [-0.25, -0.2) is 0 Å². The van der Waals surface area contributed by atoms with Crippen molar-refractivity contribution >= 4 is 17.5 Å². The van der Waals surface area contributed by atoms with Gasteiger partial charge in [0.15, 0.2) is 0 Å². The van der Waals surface area contributed by atoms with Gasteiger partial charge in [0, 0.05) is 56.2 Å². The number of hydrogen-bond donors (Lipinski definition) is 2. The van der Waals surface area contributed by atoms with E-state index in [9.17, 15) is 4.79 Å². The molecule has 3 rings (SSSR count).